The first-order valence-electron chi connectivity index (χ1n) is 6.38. The molecule has 0 saturated heterocycles. The molecule has 1 rings (SSSR count). The molecular formula is C14H20ClN3O3. The van der Waals surface area contributed by atoms with Crippen molar-refractivity contribution in [2.75, 3.05) is 26.0 Å². The highest BCUT2D eigenvalue weighted by atomic mass is 35.5. The molecule has 0 fully saturated rings. The maximum Gasteiger partial charge on any atom is 0.337 e. The van der Waals surface area contributed by atoms with Gasteiger partial charge in [0.2, 0.25) is 0 Å². The molecule has 7 heteroatoms. The second-order valence-corrected chi connectivity index (χ2v) is 5.95. The Morgan fingerprint density at radius 1 is 1.33 bits per heavy atom. The molecule has 0 unspecified atom stereocenters. The van der Waals surface area contributed by atoms with Crippen LogP contribution < -0.4 is 10.6 Å². The molecule has 3 N–H and O–H groups in total. The average Bonchev–Trinajstić information content (AvgIpc) is 2.38. The van der Waals surface area contributed by atoms with Crippen molar-refractivity contribution >= 4 is 29.3 Å². The fourth-order valence-electron chi connectivity index (χ4n) is 1.42. The van der Waals surface area contributed by atoms with Crippen molar-refractivity contribution < 1.29 is 14.7 Å². The van der Waals surface area contributed by atoms with E-state index < -0.39 is 12.0 Å². The molecule has 0 atom stereocenters. The van der Waals surface area contributed by atoms with Crippen molar-refractivity contribution in [1.82, 2.24) is 10.2 Å². The summed E-state index contributed by atoms with van der Waals surface area (Å²) in [6.07, 6.45) is 0. The molecule has 0 spiro atoms. The number of nitrogens with one attached hydrogen (secondary N) is 2. The van der Waals surface area contributed by atoms with E-state index in [4.69, 9.17) is 16.7 Å². The summed E-state index contributed by atoms with van der Waals surface area (Å²) in [5.41, 5.74) is -0.0657. The first-order valence-corrected chi connectivity index (χ1v) is 6.76. The SMILES string of the molecule is CN(C)C(C)(C)CNC(=O)Nc1ccc(Cl)cc1C(=O)O. The molecule has 0 aliphatic carbocycles. The van der Waals surface area contributed by atoms with Gasteiger partial charge in [-0.1, -0.05) is 11.6 Å². The van der Waals surface area contributed by atoms with Crippen LogP contribution in [0.15, 0.2) is 18.2 Å². The molecule has 0 bridgehead atoms. The van der Waals surface area contributed by atoms with Crippen molar-refractivity contribution in [3.05, 3.63) is 28.8 Å². The number of likely N-dealkylation sites (N-methyl/N-ethyl adjacent to an activating group) is 1. The van der Waals surface area contributed by atoms with E-state index in [0.717, 1.165) is 0 Å². The van der Waals surface area contributed by atoms with Gasteiger partial charge in [0.05, 0.1) is 11.3 Å². The maximum absolute atomic E-state index is 11.9. The summed E-state index contributed by atoms with van der Waals surface area (Å²) in [5.74, 6) is -1.15. The van der Waals surface area contributed by atoms with Gasteiger partial charge in [-0.2, -0.15) is 0 Å². The Labute approximate surface area is 129 Å². The zero-order valence-corrected chi connectivity index (χ0v) is 13.3. The molecule has 2 amide bonds. The number of benzene rings is 1. The normalized spacial score (nSPS) is 11.3. The molecule has 0 radical (unpaired) electrons. The van der Waals surface area contributed by atoms with Gasteiger partial charge in [-0.15, -0.1) is 0 Å². The van der Waals surface area contributed by atoms with Gasteiger partial charge in [-0.3, -0.25) is 0 Å². The monoisotopic (exact) mass is 313 g/mol. The lowest BCUT2D eigenvalue weighted by atomic mass is 10.0. The summed E-state index contributed by atoms with van der Waals surface area (Å²) in [5, 5.41) is 14.6. The molecule has 0 aliphatic heterocycles. The highest BCUT2D eigenvalue weighted by molar-refractivity contribution is 6.31. The van der Waals surface area contributed by atoms with Crippen molar-refractivity contribution in [1.29, 1.82) is 0 Å². The Morgan fingerprint density at radius 2 is 1.95 bits per heavy atom. The third-order valence-corrected chi connectivity index (χ3v) is 3.59. The van der Waals surface area contributed by atoms with E-state index in [-0.39, 0.29) is 16.8 Å². The lowest BCUT2D eigenvalue weighted by molar-refractivity contribution is 0.0698. The minimum atomic E-state index is -1.15. The molecular weight excluding hydrogens is 294 g/mol. The molecule has 1 aromatic rings. The summed E-state index contributed by atoms with van der Waals surface area (Å²) in [6.45, 7) is 4.39. The minimum Gasteiger partial charge on any atom is -0.478 e. The molecule has 21 heavy (non-hydrogen) atoms. The van der Waals surface area contributed by atoms with Gasteiger partial charge < -0.3 is 20.6 Å². The molecule has 116 valence electrons. The summed E-state index contributed by atoms with van der Waals surface area (Å²) >= 11 is 5.76. The van der Waals surface area contributed by atoms with E-state index >= 15 is 0 Å². The largest absolute Gasteiger partial charge is 0.478 e. The second-order valence-electron chi connectivity index (χ2n) is 5.51. The van der Waals surface area contributed by atoms with Crippen LogP contribution in [0, 0.1) is 0 Å². The standard InChI is InChI=1S/C14H20ClN3O3/c1-14(2,18(3)4)8-16-13(21)17-11-6-5-9(15)7-10(11)12(19)20/h5-7H,8H2,1-4H3,(H,19,20)(H2,16,17,21). The van der Waals surface area contributed by atoms with Gasteiger partial charge in [0.15, 0.2) is 0 Å². The maximum atomic E-state index is 11.9. The molecule has 0 aliphatic rings. The number of aromatic carboxylic acids is 1. The van der Waals surface area contributed by atoms with Crippen molar-refractivity contribution in [3.63, 3.8) is 0 Å². The predicted octanol–water partition coefficient (Wildman–Crippen LogP) is 2.50. The summed E-state index contributed by atoms with van der Waals surface area (Å²) in [6, 6.07) is 3.81. The van der Waals surface area contributed by atoms with Crippen LogP contribution in [0.5, 0.6) is 0 Å². The fraction of sp³-hybridized carbons (Fsp3) is 0.429. The van der Waals surface area contributed by atoms with Crippen LogP contribution in [0.3, 0.4) is 0 Å². The van der Waals surface area contributed by atoms with Crippen LogP contribution in [0.2, 0.25) is 5.02 Å². The van der Waals surface area contributed by atoms with Gasteiger partial charge in [0.25, 0.3) is 0 Å². The van der Waals surface area contributed by atoms with Crippen molar-refractivity contribution in [2.45, 2.75) is 19.4 Å². The number of amides is 2. The van der Waals surface area contributed by atoms with Gasteiger partial charge in [0.1, 0.15) is 0 Å². The zero-order valence-electron chi connectivity index (χ0n) is 12.5. The number of carbonyl (C=O) groups is 2. The Bertz CT molecular complexity index is 544. The Hall–Kier alpha value is -1.79. The van der Waals surface area contributed by atoms with E-state index in [1.807, 2.05) is 32.8 Å². The lowest BCUT2D eigenvalue weighted by Gasteiger charge is -2.32. The third kappa shape index (κ3) is 4.91. The minimum absolute atomic E-state index is 0.0514. The van der Waals surface area contributed by atoms with E-state index in [1.54, 1.807) is 0 Å². The second kappa shape index (κ2) is 6.78. The number of carboxylic acids is 1. The number of urea groups is 1. The zero-order chi connectivity index (χ0) is 16.2. The number of hydrogen-bond donors (Lipinski definition) is 3. The highest BCUT2D eigenvalue weighted by Gasteiger charge is 2.21. The first kappa shape index (κ1) is 17.3. The number of nitrogens with zero attached hydrogens (tertiary/aromatic N) is 1. The van der Waals surface area contributed by atoms with Crippen LogP contribution in [-0.2, 0) is 0 Å². The Balaban J connectivity index is 2.74. The Morgan fingerprint density at radius 3 is 2.48 bits per heavy atom. The number of carbonyl (C=O) groups excluding carboxylic acids is 1. The van der Waals surface area contributed by atoms with E-state index in [0.29, 0.717) is 11.6 Å². The van der Waals surface area contributed by atoms with E-state index in [2.05, 4.69) is 10.6 Å². The molecule has 1 aromatic carbocycles. The molecule has 0 aromatic heterocycles. The number of rotatable bonds is 5. The van der Waals surface area contributed by atoms with Crippen molar-refractivity contribution in [2.24, 2.45) is 0 Å². The van der Waals surface area contributed by atoms with Crippen LogP contribution >= 0.6 is 11.6 Å². The lowest BCUT2D eigenvalue weighted by Crippen LogP contribution is -2.49. The number of carboxylic acid groups (broad SMARTS) is 1. The quantitative estimate of drug-likeness (QED) is 0.780. The summed E-state index contributed by atoms with van der Waals surface area (Å²) < 4.78 is 0. The summed E-state index contributed by atoms with van der Waals surface area (Å²) in [7, 11) is 3.84. The van der Waals surface area contributed by atoms with Crippen LogP contribution in [0.1, 0.15) is 24.2 Å². The molecule has 0 saturated carbocycles. The Kier molecular flexibility index (Phi) is 5.57. The third-order valence-electron chi connectivity index (χ3n) is 3.35. The van der Waals surface area contributed by atoms with Gasteiger partial charge in [-0.25, -0.2) is 9.59 Å². The highest BCUT2D eigenvalue weighted by Crippen LogP contribution is 2.20. The van der Waals surface area contributed by atoms with Crippen molar-refractivity contribution in [3.8, 4) is 0 Å². The van der Waals surface area contributed by atoms with E-state index in [1.165, 1.54) is 18.2 Å². The van der Waals surface area contributed by atoms with Crippen LogP contribution in [-0.4, -0.2) is 48.2 Å². The average molecular weight is 314 g/mol. The van der Waals surface area contributed by atoms with Crippen LogP contribution in [0.4, 0.5) is 10.5 Å². The predicted molar refractivity (Wildman–Crippen MR) is 83.2 cm³/mol. The topological polar surface area (TPSA) is 81.7 Å². The summed E-state index contributed by atoms with van der Waals surface area (Å²) in [4.78, 5) is 25.0. The fourth-order valence-corrected chi connectivity index (χ4v) is 1.60. The number of halogens is 1. The first-order chi connectivity index (χ1) is 9.63. The van der Waals surface area contributed by atoms with Gasteiger partial charge in [0, 0.05) is 17.1 Å². The molecule has 6 nitrogen and oxygen atoms in total. The smallest absolute Gasteiger partial charge is 0.337 e. The van der Waals surface area contributed by atoms with Crippen LogP contribution in [0.25, 0.3) is 0 Å². The number of hydrogen-bond acceptors (Lipinski definition) is 3. The van der Waals surface area contributed by atoms with Gasteiger partial charge in [-0.05, 0) is 46.1 Å². The van der Waals surface area contributed by atoms with E-state index in [9.17, 15) is 9.59 Å². The van der Waals surface area contributed by atoms with Gasteiger partial charge >= 0.3 is 12.0 Å². The number of anilines is 1. The molecule has 0 heterocycles.